The molecule has 0 spiro atoms. The molecule has 0 aromatic heterocycles. The number of ether oxygens (including phenoxy) is 2. The Bertz CT molecular complexity index is 426. The molecule has 4 nitrogen and oxygen atoms in total. The van der Waals surface area contributed by atoms with Gasteiger partial charge in [0.25, 0.3) is 0 Å². The molecule has 0 aromatic carbocycles. The number of carbonyl (C=O) groups excluding carboxylic acids is 2. The number of hydrogen-bond donors (Lipinski definition) is 0. The van der Waals surface area contributed by atoms with Crippen LogP contribution in [0.4, 0.5) is 0 Å². The van der Waals surface area contributed by atoms with Gasteiger partial charge in [-0.3, -0.25) is 9.59 Å². The summed E-state index contributed by atoms with van der Waals surface area (Å²) in [6.07, 6.45) is 11.9. The highest BCUT2D eigenvalue weighted by molar-refractivity contribution is 5.82. The summed E-state index contributed by atoms with van der Waals surface area (Å²) in [5, 5.41) is 0. The van der Waals surface area contributed by atoms with Crippen LogP contribution in [-0.4, -0.2) is 24.6 Å². The second-order valence-electron chi connectivity index (χ2n) is 7.76. The van der Waals surface area contributed by atoms with E-state index >= 15 is 0 Å². The number of unbranched alkanes of at least 4 members (excludes halogenated alkanes) is 4. The molecule has 2 unspecified atom stereocenters. The lowest BCUT2D eigenvalue weighted by atomic mass is 9.83. The number of allylic oxidation sites excluding steroid dienone is 2. The van der Waals surface area contributed by atoms with E-state index in [1.807, 2.05) is 26.0 Å². The molecule has 0 N–H and O–H groups in total. The topological polar surface area (TPSA) is 52.6 Å². The fraction of sp³-hybridized carbons (Fsp3) is 0.810. The molecule has 4 heteroatoms. The van der Waals surface area contributed by atoms with Crippen molar-refractivity contribution in [1.82, 2.24) is 0 Å². The molecule has 0 radical (unpaired) electrons. The van der Waals surface area contributed by atoms with Gasteiger partial charge in [0.15, 0.2) is 0 Å². The molecule has 144 valence electrons. The molecule has 2 atom stereocenters. The van der Waals surface area contributed by atoms with Crippen molar-refractivity contribution >= 4 is 11.9 Å². The molecule has 25 heavy (non-hydrogen) atoms. The molecular weight excluding hydrogens is 316 g/mol. The zero-order chi connectivity index (χ0) is 18.7. The van der Waals surface area contributed by atoms with Crippen LogP contribution in [-0.2, 0) is 19.1 Å². The SMILES string of the molecule is CC(C)CCCCCCCOC(=O)C1CC=CCC1C(=O)OC(C)C. The highest BCUT2D eigenvalue weighted by Crippen LogP contribution is 2.28. The number of rotatable bonds is 11. The van der Waals surface area contributed by atoms with Crippen LogP contribution in [0, 0.1) is 17.8 Å². The Balaban J connectivity index is 2.25. The van der Waals surface area contributed by atoms with E-state index in [4.69, 9.17) is 9.47 Å². The zero-order valence-electron chi connectivity index (χ0n) is 16.5. The van der Waals surface area contributed by atoms with Gasteiger partial charge in [-0.25, -0.2) is 0 Å². The molecular formula is C21H36O4. The quantitative estimate of drug-likeness (QED) is 0.296. The smallest absolute Gasteiger partial charge is 0.310 e. The summed E-state index contributed by atoms with van der Waals surface area (Å²) >= 11 is 0. The summed E-state index contributed by atoms with van der Waals surface area (Å²) in [7, 11) is 0. The summed E-state index contributed by atoms with van der Waals surface area (Å²) in [6, 6.07) is 0. The predicted molar refractivity (Wildman–Crippen MR) is 100 cm³/mol. The molecule has 0 heterocycles. The normalized spacial score (nSPS) is 20.1. The standard InChI is InChI=1S/C21H36O4/c1-16(2)12-8-6-5-7-11-15-24-20(22)18-13-9-10-14-19(18)21(23)25-17(3)4/h9-10,16-19H,5-8,11-15H2,1-4H3. The second-order valence-corrected chi connectivity index (χ2v) is 7.76. The van der Waals surface area contributed by atoms with Crippen LogP contribution in [0.5, 0.6) is 0 Å². The van der Waals surface area contributed by atoms with Crippen LogP contribution in [0.1, 0.15) is 79.1 Å². The minimum Gasteiger partial charge on any atom is -0.465 e. The Morgan fingerprint density at radius 3 is 2.04 bits per heavy atom. The first-order valence-corrected chi connectivity index (χ1v) is 9.94. The maximum Gasteiger partial charge on any atom is 0.310 e. The second kappa shape index (κ2) is 12.1. The van der Waals surface area contributed by atoms with E-state index in [1.165, 1.54) is 25.7 Å². The largest absolute Gasteiger partial charge is 0.465 e. The third-order valence-electron chi connectivity index (χ3n) is 4.56. The predicted octanol–water partition coefficient (Wildman–Crippen LogP) is 5.06. The lowest BCUT2D eigenvalue weighted by Crippen LogP contribution is -2.34. The minimum atomic E-state index is -0.407. The Morgan fingerprint density at radius 1 is 0.880 bits per heavy atom. The molecule has 0 fully saturated rings. The Hall–Kier alpha value is -1.32. The van der Waals surface area contributed by atoms with Gasteiger partial charge in [0, 0.05) is 0 Å². The highest BCUT2D eigenvalue weighted by atomic mass is 16.5. The molecule has 0 saturated carbocycles. The van der Waals surface area contributed by atoms with Crippen molar-refractivity contribution < 1.29 is 19.1 Å². The van der Waals surface area contributed by atoms with Gasteiger partial charge in [-0.15, -0.1) is 0 Å². The van der Waals surface area contributed by atoms with Crippen molar-refractivity contribution in [3.8, 4) is 0 Å². The van der Waals surface area contributed by atoms with Crippen LogP contribution in [0.3, 0.4) is 0 Å². The first kappa shape index (κ1) is 21.7. The zero-order valence-corrected chi connectivity index (χ0v) is 16.5. The van der Waals surface area contributed by atoms with Gasteiger partial charge in [0.2, 0.25) is 0 Å². The third-order valence-corrected chi connectivity index (χ3v) is 4.56. The Labute approximate surface area is 153 Å². The van der Waals surface area contributed by atoms with E-state index in [-0.39, 0.29) is 18.0 Å². The summed E-state index contributed by atoms with van der Waals surface area (Å²) < 4.78 is 10.7. The van der Waals surface area contributed by atoms with Gasteiger partial charge < -0.3 is 9.47 Å². The van der Waals surface area contributed by atoms with Gasteiger partial charge in [-0.2, -0.15) is 0 Å². The van der Waals surface area contributed by atoms with E-state index in [1.54, 1.807) is 0 Å². The average Bonchev–Trinajstić information content (AvgIpc) is 2.56. The monoisotopic (exact) mass is 352 g/mol. The van der Waals surface area contributed by atoms with E-state index in [0.717, 1.165) is 18.8 Å². The number of esters is 2. The maximum atomic E-state index is 12.3. The fourth-order valence-electron chi connectivity index (χ4n) is 3.12. The molecule has 0 aliphatic heterocycles. The lowest BCUT2D eigenvalue weighted by molar-refractivity contribution is -0.163. The molecule has 0 bridgehead atoms. The highest BCUT2D eigenvalue weighted by Gasteiger charge is 2.36. The molecule has 1 aliphatic carbocycles. The first-order chi connectivity index (χ1) is 11.9. The van der Waals surface area contributed by atoms with Crippen LogP contribution < -0.4 is 0 Å². The van der Waals surface area contributed by atoms with Crippen molar-refractivity contribution in [3.05, 3.63) is 12.2 Å². The maximum absolute atomic E-state index is 12.3. The van der Waals surface area contributed by atoms with Crippen LogP contribution in [0.2, 0.25) is 0 Å². The Kier molecular flexibility index (Phi) is 10.5. The summed E-state index contributed by atoms with van der Waals surface area (Å²) in [6.45, 7) is 8.61. The van der Waals surface area contributed by atoms with E-state index in [9.17, 15) is 9.59 Å². The lowest BCUT2D eigenvalue weighted by Gasteiger charge is -2.26. The fourth-order valence-corrected chi connectivity index (χ4v) is 3.12. The number of hydrogen-bond acceptors (Lipinski definition) is 4. The van der Waals surface area contributed by atoms with Gasteiger partial charge in [-0.05, 0) is 39.0 Å². The van der Waals surface area contributed by atoms with Crippen molar-refractivity contribution in [2.24, 2.45) is 17.8 Å². The van der Waals surface area contributed by atoms with E-state index in [2.05, 4.69) is 13.8 Å². The third kappa shape index (κ3) is 9.08. The van der Waals surface area contributed by atoms with Gasteiger partial charge in [0.1, 0.15) is 0 Å². The van der Waals surface area contributed by atoms with Crippen molar-refractivity contribution in [2.75, 3.05) is 6.61 Å². The van der Waals surface area contributed by atoms with E-state index < -0.39 is 11.8 Å². The van der Waals surface area contributed by atoms with Gasteiger partial charge in [0.05, 0.1) is 24.5 Å². The van der Waals surface area contributed by atoms with Gasteiger partial charge >= 0.3 is 11.9 Å². The molecule has 1 aliphatic rings. The molecule has 0 saturated heterocycles. The minimum absolute atomic E-state index is 0.161. The van der Waals surface area contributed by atoms with Crippen LogP contribution >= 0.6 is 0 Å². The first-order valence-electron chi connectivity index (χ1n) is 9.94. The summed E-state index contributed by atoms with van der Waals surface area (Å²) in [5.41, 5.74) is 0. The van der Waals surface area contributed by atoms with Crippen molar-refractivity contribution in [3.63, 3.8) is 0 Å². The van der Waals surface area contributed by atoms with Crippen molar-refractivity contribution in [1.29, 1.82) is 0 Å². The summed E-state index contributed by atoms with van der Waals surface area (Å²) in [4.78, 5) is 24.5. The Morgan fingerprint density at radius 2 is 1.44 bits per heavy atom. The average molecular weight is 353 g/mol. The summed E-state index contributed by atoms with van der Waals surface area (Å²) in [5.74, 6) is -0.569. The number of carbonyl (C=O) groups is 2. The van der Waals surface area contributed by atoms with Gasteiger partial charge in [-0.1, -0.05) is 58.1 Å². The molecule has 0 amide bonds. The molecule has 1 rings (SSSR count). The van der Waals surface area contributed by atoms with Crippen molar-refractivity contribution in [2.45, 2.75) is 85.2 Å². The van der Waals surface area contributed by atoms with E-state index in [0.29, 0.717) is 19.4 Å². The van der Waals surface area contributed by atoms with Crippen LogP contribution in [0.25, 0.3) is 0 Å². The molecule has 0 aromatic rings. The van der Waals surface area contributed by atoms with Crippen LogP contribution in [0.15, 0.2) is 12.2 Å².